The van der Waals surface area contributed by atoms with Crippen molar-refractivity contribution >= 4 is 49.9 Å². The monoisotopic (exact) mass is 451 g/mol. The summed E-state index contributed by atoms with van der Waals surface area (Å²) < 4.78 is 10.2. The largest absolute Gasteiger partial charge is 0.496 e. The van der Waals surface area contributed by atoms with Crippen LogP contribution in [0.1, 0.15) is 26.4 Å². The molecule has 1 aliphatic rings. The number of hydrogen-bond acceptors (Lipinski definition) is 6. The van der Waals surface area contributed by atoms with Gasteiger partial charge in [-0.1, -0.05) is 28.1 Å². The number of halogens is 1. The highest BCUT2D eigenvalue weighted by Gasteiger charge is 2.36. The van der Waals surface area contributed by atoms with Crippen molar-refractivity contribution in [3.05, 3.63) is 45.8 Å². The average Bonchev–Trinajstić information content (AvgIpc) is 3.24. The molecule has 8 heteroatoms. The van der Waals surface area contributed by atoms with Crippen molar-refractivity contribution in [3.63, 3.8) is 0 Å². The number of nitrogens with one attached hydrogen (secondary N) is 1. The van der Waals surface area contributed by atoms with Gasteiger partial charge in [0.1, 0.15) is 10.8 Å². The molecule has 0 spiro atoms. The van der Waals surface area contributed by atoms with Crippen molar-refractivity contribution in [1.29, 1.82) is 0 Å². The zero-order valence-corrected chi connectivity index (χ0v) is 17.2. The molecule has 142 valence electrons. The lowest BCUT2D eigenvalue weighted by Gasteiger charge is -2.11. The van der Waals surface area contributed by atoms with E-state index in [0.717, 1.165) is 10.4 Å². The molecule has 1 N–H and O–H groups in total. The van der Waals surface area contributed by atoms with Crippen LogP contribution in [0.5, 0.6) is 5.75 Å². The van der Waals surface area contributed by atoms with Gasteiger partial charge in [-0.25, -0.2) is 0 Å². The lowest BCUT2D eigenvalue weighted by Crippen LogP contribution is -2.18. The topological polar surface area (TPSA) is 81.7 Å². The summed E-state index contributed by atoms with van der Waals surface area (Å²) in [4.78, 5) is 38.1. The van der Waals surface area contributed by atoms with Gasteiger partial charge in [-0.05, 0) is 30.5 Å². The van der Waals surface area contributed by atoms with Gasteiger partial charge in [-0.15, -0.1) is 11.3 Å². The van der Waals surface area contributed by atoms with Crippen LogP contribution in [0.2, 0.25) is 0 Å². The zero-order chi connectivity index (χ0) is 19.6. The molecule has 0 radical (unpaired) electrons. The van der Waals surface area contributed by atoms with E-state index in [1.165, 1.54) is 25.6 Å². The molecule has 3 rings (SSSR count). The smallest absolute Gasteiger partial charge is 0.309 e. The summed E-state index contributed by atoms with van der Waals surface area (Å²) in [6.07, 6.45) is 0.919. The SMILES string of the molecule is COC(=O)C1Cc2sc(NC(=O)CBr)c(C(=O)c3ccccc3OC)c2C1. The summed E-state index contributed by atoms with van der Waals surface area (Å²) in [5.74, 6) is -0.613. The average molecular weight is 452 g/mol. The Kier molecular flexibility index (Phi) is 5.96. The molecule has 6 nitrogen and oxygen atoms in total. The summed E-state index contributed by atoms with van der Waals surface area (Å²) in [7, 11) is 2.86. The standard InChI is InChI=1S/C19H18BrNO5S/c1-25-13-6-4-3-5-11(13)17(23)16-12-7-10(19(24)26-2)8-14(12)27-18(16)21-15(22)9-20/h3-6,10H,7-9H2,1-2H3,(H,21,22). The van der Waals surface area contributed by atoms with Crippen LogP contribution in [0.15, 0.2) is 24.3 Å². The minimum absolute atomic E-state index is 0.128. The fourth-order valence-electron chi connectivity index (χ4n) is 3.22. The molecule has 27 heavy (non-hydrogen) atoms. The van der Waals surface area contributed by atoms with E-state index in [1.807, 2.05) is 0 Å². The molecule has 2 aromatic rings. The van der Waals surface area contributed by atoms with Crippen molar-refractivity contribution in [1.82, 2.24) is 0 Å². The predicted molar refractivity (Wildman–Crippen MR) is 106 cm³/mol. The third kappa shape index (κ3) is 3.77. The number of ether oxygens (including phenoxy) is 2. The highest BCUT2D eigenvalue weighted by Crippen LogP contribution is 2.43. The third-order valence-electron chi connectivity index (χ3n) is 4.46. The number of esters is 1. The molecule has 1 heterocycles. The Bertz CT molecular complexity index is 908. The van der Waals surface area contributed by atoms with Gasteiger partial charge in [0.15, 0.2) is 5.78 Å². The van der Waals surface area contributed by atoms with Crippen molar-refractivity contribution in [2.45, 2.75) is 12.8 Å². The summed E-state index contributed by atoms with van der Waals surface area (Å²) in [5.41, 5.74) is 1.65. The molecule has 1 amide bonds. The second-order valence-corrected chi connectivity index (χ2v) is 7.71. The van der Waals surface area contributed by atoms with E-state index in [-0.39, 0.29) is 28.9 Å². The van der Waals surface area contributed by atoms with Crippen LogP contribution in [0, 0.1) is 5.92 Å². The van der Waals surface area contributed by atoms with Crippen molar-refractivity contribution in [2.24, 2.45) is 5.92 Å². The quantitative estimate of drug-likeness (QED) is 0.414. The number of rotatable bonds is 6. The Morgan fingerprint density at radius 2 is 1.96 bits per heavy atom. The number of amides is 1. The maximum Gasteiger partial charge on any atom is 0.309 e. The minimum Gasteiger partial charge on any atom is -0.496 e. The Morgan fingerprint density at radius 3 is 2.63 bits per heavy atom. The number of alkyl halides is 1. The van der Waals surface area contributed by atoms with Gasteiger partial charge in [-0.2, -0.15) is 0 Å². The van der Waals surface area contributed by atoms with E-state index < -0.39 is 0 Å². The molecule has 1 unspecified atom stereocenters. The van der Waals surface area contributed by atoms with Gasteiger partial charge in [0.25, 0.3) is 0 Å². The minimum atomic E-state index is -0.304. The molecular formula is C19H18BrNO5S. The molecule has 0 bridgehead atoms. The van der Waals surface area contributed by atoms with E-state index in [0.29, 0.717) is 34.7 Å². The molecule has 0 fully saturated rings. The second kappa shape index (κ2) is 8.22. The number of carbonyl (C=O) groups is 3. The van der Waals surface area contributed by atoms with Crippen LogP contribution < -0.4 is 10.1 Å². The number of ketones is 1. The van der Waals surface area contributed by atoms with Gasteiger partial charge in [-0.3, -0.25) is 14.4 Å². The van der Waals surface area contributed by atoms with Gasteiger partial charge >= 0.3 is 5.97 Å². The van der Waals surface area contributed by atoms with Crippen LogP contribution in [0.3, 0.4) is 0 Å². The molecule has 0 saturated heterocycles. The first-order valence-corrected chi connectivity index (χ1v) is 10.2. The number of methoxy groups -OCH3 is 2. The Balaban J connectivity index is 2.06. The fourth-order valence-corrected chi connectivity index (χ4v) is 4.69. The Hall–Kier alpha value is -2.19. The fraction of sp³-hybridized carbons (Fsp3) is 0.316. The van der Waals surface area contributed by atoms with E-state index >= 15 is 0 Å². The van der Waals surface area contributed by atoms with Crippen LogP contribution in [-0.4, -0.2) is 37.2 Å². The molecule has 1 aromatic heterocycles. The lowest BCUT2D eigenvalue weighted by atomic mass is 9.98. The molecular weight excluding hydrogens is 434 g/mol. The Labute approximate surface area is 169 Å². The van der Waals surface area contributed by atoms with Crippen LogP contribution in [0.25, 0.3) is 0 Å². The number of fused-ring (bicyclic) bond motifs is 1. The van der Waals surface area contributed by atoms with Crippen LogP contribution >= 0.6 is 27.3 Å². The summed E-state index contributed by atoms with van der Waals surface area (Å²) >= 11 is 4.46. The summed E-state index contributed by atoms with van der Waals surface area (Å²) in [6.45, 7) is 0. The van der Waals surface area contributed by atoms with Gasteiger partial charge < -0.3 is 14.8 Å². The number of anilines is 1. The van der Waals surface area contributed by atoms with Crippen LogP contribution in [-0.2, 0) is 27.2 Å². The summed E-state index contributed by atoms with van der Waals surface area (Å²) in [5, 5.41) is 3.42. The first kappa shape index (κ1) is 19.6. The molecule has 0 aliphatic heterocycles. The highest BCUT2D eigenvalue weighted by molar-refractivity contribution is 9.09. The van der Waals surface area contributed by atoms with Gasteiger partial charge in [0.05, 0.1) is 36.6 Å². The number of benzene rings is 1. The Morgan fingerprint density at radius 1 is 1.22 bits per heavy atom. The molecule has 1 aromatic carbocycles. The maximum absolute atomic E-state index is 13.3. The number of hydrogen-bond donors (Lipinski definition) is 1. The maximum atomic E-state index is 13.3. The van der Waals surface area contributed by atoms with Crippen molar-refractivity contribution in [2.75, 3.05) is 24.9 Å². The van der Waals surface area contributed by atoms with Gasteiger partial charge in [0.2, 0.25) is 5.91 Å². The first-order valence-electron chi connectivity index (χ1n) is 8.26. The number of thiophene rings is 1. The zero-order valence-electron chi connectivity index (χ0n) is 14.8. The lowest BCUT2D eigenvalue weighted by molar-refractivity contribution is -0.145. The number of carbonyl (C=O) groups excluding carboxylic acids is 3. The van der Waals surface area contributed by atoms with E-state index in [9.17, 15) is 14.4 Å². The normalized spacial score (nSPS) is 15.1. The molecule has 1 atom stereocenters. The van der Waals surface area contributed by atoms with Crippen LogP contribution in [0.4, 0.5) is 5.00 Å². The first-order chi connectivity index (χ1) is 13.0. The van der Waals surface area contributed by atoms with E-state index in [4.69, 9.17) is 9.47 Å². The second-order valence-electron chi connectivity index (χ2n) is 6.05. The summed E-state index contributed by atoms with van der Waals surface area (Å²) in [6, 6.07) is 6.95. The number of para-hydroxylation sites is 1. The molecule has 0 saturated carbocycles. The van der Waals surface area contributed by atoms with Crippen molar-refractivity contribution in [3.8, 4) is 5.75 Å². The van der Waals surface area contributed by atoms with E-state index in [1.54, 1.807) is 24.3 Å². The van der Waals surface area contributed by atoms with Gasteiger partial charge in [0, 0.05) is 4.88 Å². The molecule has 1 aliphatic carbocycles. The van der Waals surface area contributed by atoms with Crippen molar-refractivity contribution < 1.29 is 23.9 Å². The highest BCUT2D eigenvalue weighted by atomic mass is 79.9. The van der Waals surface area contributed by atoms with E-state index in [2.05, 4.69) is 21.2 Å². The third-order valence-corrected chi connectivity index (χ3v) is 6.14. The predicted octanol–water partition coefficient (Wildman–Crippen LogP) is 3.21.